The van der Waals surface area contributed by atoms with Gasteiger partial charge in [-0.1, -0.05) is 6.92 Å². The van der Waals surface area contributed by atoms with Crippen molar-refractivity contribution in [2.75, 3.05) is 12.9 Å². The summed E-state index contributed by atoms with van der Waals surface area (Å²) in [6.45, 7) is 3.88. The summed E-state index contributed by atoms with van der Waals surface area (Å²) in [7, 11) is 0. The molecule has 0 heterocycles. The van der Waals surface area contributed by atoms with Crippen molar-refractivity contribution < 1.29 is 9.90 Å². The van der Waals surface area contributed by atoms with Gasteiger partial charge in [0.25, 0.3) is 5.91 Å². The summed E-state index contributed by atoms with van der Waals surface area (Å²) >= 11 is 1.65. The first-order chi connectivity index (χ1) is 8.08. The van der Waals surface area contributed by atoms with Crippen molar-refractivity contribution in [2.45, 2.75) is 24.8 Å². The minimum absolute atomic E-state index is 0.0345. The fourth-order valence-corrected chi connectivity index (χ4v) is 1.74. The maximum absolute atomic E-state index is 11.9. The molecule has 0 aliphatic carbocycles. The van der Waals surface area contributed by atoms with Gasteiger partial charge in [0.05, 0.1) is 0 Å². The van der Waals surface area contributed by atoms with Crippen LogP contribution >= 0.6 is 11.8 Å². The fourth-order valence-electron chi connectivity index (χ4n) is 1.33. The van der Waals surface area contributed by atoms with Crippen molar-refractivity contribution in [3.63, 3.8) is 0 Å². The highest BCUT2D eigenvalue weighted by Crippen LogP contribution is 2.15. The zero-order valence-corrected chi connectivity index (χ0v) is 11.3. The van der Waals surface area contributed by atoms with Crippen molar-refractivity contribution in [2.24, 2.45) is 5.92 Å². The van der Waals surface area contributed by atoms with Crippen molar-refractivity contribution in [3.8, 4) is 0 Å². The van der Waals surface area contributed by atoms with E-state index in [1.54, 1.807) is 11.8 Å². The molecule has 0 saturated carbocycles. The number of amides is 1. The largest absolute Gasteiger partial charge is 0.396 e. The van der Waals surface area contributed by atoms with E-state index in [0.29, 0.717) is 5.56 Å². The molecular formula is C13H19NO2S. The van der Waals surface area contributed by atoms with Crippen LogP contribution in [0, 0.1) is 5.92 Å². The molecular weight excluding hydrogens is 234 g/mol. The van der Waals surface area contributed by atoms with E-state index in [0.717, 1.165) is 4.90 Å². The molecule has 1 aromatic carbocycles. The number of aliphatic hydroxyl groups is 1. The average Bonchev–Trinajstić information content (AvgIpc) is 2.37. The summed E-state index contributed by atoms with van der Waals surface area (Å²) in [4.78, 5) is 13.0. The summed E-state index contributed by atoms with van der Waals surface area (Å²) in [6, 6.07) is 7.46. The Morgan fingerprint density at radius 3 is 2.41 bits per heavy atom. The Morgan fingerprint density at radius 2 is 1.94 bits per heavy atom. The van der Waals surface area contributed by atoms with Crippen LogP contribution in [0.5, 0.6) is 0 Å². The molecule has 0 saturated heterocycles. The fraction of sp³-hybridized carbons (Fsp3) is 0.462. The molecule has 2 N–H and O–H groups in total. The lowest BCUT2D eigenvalue weighted by Crippen LogP contribution is -2.38. The number of carbonyl (C=O) groups is 1. The Labute approximate surface area is 107 Å². The molecule has 0 bridgehead atoms. The van der Waals surface area contributed by atoms with Crippen LogP contribution in [-0.2, 0) is 0 Å². The zero-order valence-electron chi connectivity index (χ0n) is 10.4. The molecule has 1 amide bonds. The third-order valence-corrected chi connectivity index (χ3v) is 3.60. The lowest BCUT2D eigenvalue weighted by molar-refractivity contribution is 0.0916. The van der Waals surface area contributed by atoms with E-state index in [1.165, 1.54) is 0 Å². The van der Waals surface area contributed by atoms with Crippen LogP contribution in [0.2, 0.25) is 0 Å². The number of benzene rings is 1. The van der Waals surface area contributed by atoms with Gasteiger partial charge in [-0.05, 0) is 43.4 Å². The lowest BCUT2D eigenvalue weighted by atomic mass is 10.0. The van der Waals surface area contributed by atoms with Gasteiger partial charge < -0.3 is 10.4 Å². The highest BCUT2D eigenvalue weighted by molar-refractivity contribution is 7.98. The summed E-state index contributed by atoms with van der Waals surface area (Å²) in [5.74, 6) is -0.0325. The number of aliphatic hydroxyl groups excluding tert-OH is 1. The second-order valence-corrected chi connectivity index (χ2v) is 5.03. The molecule has 0 fully saturated rings. The van der Waals surface area contributed by atoms with E-state index in [9.17, 15) is 4.79 Å². The van der Waals surface area contributed by atoms with Gasteiger partial charge in [0, 0.05) is 23.1 Å². The van der Waals surface area contributed by atoms with E-state index in [-0.39, 0.29) is 24.5 Å². The maximum atomic E-state index is 11.9. The van der Waals surface area contributed by atoms with Gasteiger partial charge >= 0.3 is 0 Å². The Morgan fingerprint density at radius 1 is 1.35 bits per heavy atom. The summed E-state index contributed by atoms with van der Waals surface area (Å²) in [5.41, 5.74) is 0.653. The SMILES string of the molecule is CSc1ccc(C(=O)NC(C)C(C)CO)cc1. The first kappa shape index (κ1) is 14.1. The van der Waals surface area contributed by atoms with Gasteiger partial charge in [-0.25, -0.2) is 0 Å². The van der Waals surface area contributed by atoms with E-state index < -0.39 is 0 Å². The zero-order chi connectivity index (χ0) is 12.8. The second-order valence-electron chi connectivity index (χ2n) is 4.15. The van der Waals surface area contributed by atoms with Gasteiger partial charge in [-0.3, -0.25) is 4.79 Å². The van der Waals surface area contributed by atoms with Crippen LogP contribution in [0.3, 0.4) is 0 Å². The van der Waals surface area contributed by atoms with Crippen molar-refractivity contribution in [3.05, 3.63) is 29.8 Å². The molecule has 0 aliphatic heterocycles. The quantitative estimate of drug-likeness (QED) is 0.791. The van der Waals surface area contributed by atoms with Crippen LogP contribution in [0.25, 0.3) is 0 Å². The van der Waals surface area contributed by atoms with E-state index in [4.69, 9.17) is 5.11 Å². The first-order valence-corrected chi connectivity index (χ1v) is 6.86. The molecule has 2 unspecified atom stereocenters. The lowest BCUT2D eigenvalue weighted by Gasteiger charge is -2.19. The molecule has 4 heteroatoms. The van der Waals surface area contributed by atoms with Crippen LogP contribution in [0.1, 0.15) is 24.2 Å². The third kappa shape index (κ3) is 4.06. The average molecular weight is 253 g/mol. The summed E-state index contributed by atoms with van der Waals surface area (Å²) < 4.78 is 0. The Bertz CT molecular complexity index is 364. The number of rotatable bonds is 5. The van der Waals surface area contributed by atoms with Gasteiger partial charge in [-0.15, -0.1) is 11.8 Å². The monoisotopic (exact) mass is 253 g/mol. The highest BCUT2D eigenvalue weighted by Gasteiger charge is 2.14. The smallest absolute Gasteiger partial charge is 0.251 e. The minimum Gasteiger partial charge on any atom is -0.396 e. The van der Waals surface area contributed by atoms with Gasteiger partial charge in [-0.2, -0.15) is 0 Å². The van der Waals surface area contributed by atoms with Crippen molar-refractivity contribution >= 4 is 17.7 Å². The van der Waals surface area contributed by atoms with Gasteiger partial charge in [0.2, 0.25) is 0 Å². The topological polar surface area (TPSA) is 49.3 Å². The number of carbonyl (C=O) groups excluding carboxylic acids is 1. The Hall–Kier alpha value is -1.00. The van der Waals surface area contributed by atoms with E-state index in [2.05, 4.69) is 5.32 Å². The Balaban J connectivity index is 2.63. The molecule has 94 valence electrons. The molecule has 2 atom stereocenters. The third-order valence-electron chi connectivity index (χ3n) is 2.85. The van der Waals surface area contributed by atoms with Crippen molar-refractivity contribution in [1.82, 2.24) is 5.32 Å². The summed E-state index contributed by atoms with van der Waals surface area (Å²) in [6.07, 6.45) is 2.00. The molecule has 0 aliphatic rings. The van der Waals surface area contributed by atoms with Crippen LogP contribution in [0.15, 0.2) is 29.2 Å². The number of thioether (sulfide) groups is 1. The normalized spacial score (nSPS) is 14.1. The second kappa shape index (κ2) is 6.67. The molecule has 0 aromatic heterocycles. The van der Waals surface area contributed by atoms with Gasteiger partial charge in [0.1, 0.15) is 0 Å². The van der Waals surface area contributed by atoms with Crippen LogP contribution in [0.4, 0.5) is 0 Å². The van der Waals surface area contributed by atoms with Crippen LogP contribution in [-0.4, -0.2) is 29.9 Å². The molecule has 1 aromatic rings. The number of hydrogen-bond acceptors (Lipinski definition) is 3. The predicted molar refractivity (Wildman–Crippen MR) is 71.4 cm³/mol. The van der Waals surface area contributed by atoms with Gasteiger partial charge in [0.15, 0.2) is 0 Å². The molecule has 0 radical (unpaired) electrons. The number of nitrogens with one attached hydrogen (secondary N) is 1. The molecule has 3 nitrogen and oxygen atoms in total. The molecule has 17 heavy (non-hydrogen) atoms. The first-order valence-electron chi connectivity index (χ1n) is 5.64. The predicted octanol–water partition coefficient (Wildman–Crippen LogP) is 2.16. The molecule has 1 rings (SSSR count). The minimum atomic E-state index is -0.0922. The van der Waals surface area contributed by atoms with Crippen LogP contribution < -0.4 is 5.32 Å². The van der Waals surface area contributed by atoms with Crippen molar-refractivity contribution in [1.29, 1.82) is 0 Å². The van der Waals surface area contributed by atoms with E-state index >= 15 is 0 Å². The highest BCUT2D eigenvalue weighted by atomic mass is 32.2. The summed E-state index contributed by atoms with van der Waals surface area (Å²) in [5, 5.41) is 11.9. The standard InChI is InChI=1S/C13H19NO2S/c1-9(8-15)10(2)14-13(16)11-4-6-12(17-3)7-5-11/h4-7,9-10,15H,8H2,1-3H3,(H,14,16). The maximum Gasteiger partial charge on any atom is 0.251 e. The Kier molecular flexibility index (Phi) is 5.51. The number of hydrogen-bond donors (Lipinski definition) is 2. The molecule has 0 spiro atoms. The van der Waals surface area contributed by atoms with E-state index in [1.807, 2.05) is 44.4 Å².